The fourth-order valence-corrected chi connectivity index (χ4v) is 7.15. The Kier molecular flexibility index (Phi) is 3.94. The second kappa shape index (κ2) is 5.87. The molecule has 0 N–H and O–H groups in total. The Morgan fingerprint density at radius 1 is 1.21 bits per heavy atom. The topological polar surface area (TPSA) is 60.2 Å². The third kappa shape index (κ3) is 2.87. The first kappa shape index (κ1) is 16.1. The van der Waals surface area contributed by atoms with Crippen LogP contribution >= 0.6 is 11.8 Å². The summed E-state index contributed by atoms with van der Waals surface area (Å²) >= 11 is 1.84. The molecule has 4 saturated carbocycles. The maximum atomic E-state index is 12.6. The van der Waals surface area contributed by atoms with Crippen LogP contribution < -0.4 is 0 Å². The summed E-state index contributed by atoms with van der Waals surface area (Å²) < 4.78 is 0.307. The summed E-state index contributed by atoms with van der Waals surface area (Å²) in [5.41, 5.74) is 1.12. The number of hydrogen-bond acceptors (Lipinski definition) is 4. The Labute approximate surface area is 146 Å². The number of nitro groups is 1. The van der Waals surface area contributed by atoms with Gasteiger partial charge in [0, 0.05) is 21.9 Å². The van der Waals surface area contributed by atoms with E-state index in [2.05, 4.69) is 0 Å². The van der Waals surface area contributed by atoms with E-state index in [1.807, 2.05) is 11.8 Å². The van der Waals surface area contributed by atoms with Crippen molar-refractivity contribution < 1.29 is 9.72 Å². The van der Waals surface area contributed by atoms with Crippen LogP contribution in [0.2, 0.25) is 0 Å². The van der Waals surface area contributed by atoms with E-state index in [0.717, 1.165) is 17.8 Å². The average Bonchev–Trinajstić information content (AvgIpc) is 2.51. The van der Waals surface area contributed by atoms with Gasteiger partial charge in [-0.2, -0.15) is 0 Å². The molecule has 0 unspecified atom stereocenters. The van der Waals surface area contributed by atoms with E-state index >= 15 is 0 Å². The zero-order valence-electron chi connectivity index (χ0n) is 14.0. The lowest BCUT2D eigenvalue weighted by molar-refractivity contribution is -0.385. The Bertz CT molecular complexity index is 665. The van der Waals surface area contributed by atoms with Gasteiger partial charge in [0.1, 0.15) is 0 Å². The van der Waals surface area contributed by atoms with Crippen molar-refractivity contribution in [1.29, 1.82) is 0 Å². The van der Waals surface area contributed by atoms with E-state index in [0.29, 0.717) is 21.6 Å². The Morgan fingerprint density at radius 2 is 1.79 bits per heavy atom. The number of hydrogen-bond donors (Lipinski definition) is 0. The standard InChI is InChI=1S/C19H23NO3S/c1-12-2-3-16(7-17(12)20(22)23)18(21)11-24-19-8-13-4-14(9-19)6-15(5-13)10-19/h2-3,7,13-15H,4-6,8-11H2,1H3. The van der Waals surface area contributed by atoms with Crippen molar-refractivity contribution in [2.45, 2.75) is 50.2 Å². The predicted molar refractivity (Wildman–Crippen MR) is 95.5 cm³/mol. The number of ketones is 1. The summed E-state index contributed by atoms with van der Waals surface area (Å²) in [4.78, 5) is 23.2. The van der Waals surface area contributed by atoms with Crippen molar-refractivity contribution in [2.75, 3.05) is 5.75 Å². The number of aryl methyl sites for hydroxylation is 1. The third-order valence-corrected chi connectivity index (χ3v) is 7.74. The van der Waals surface area contributed by atoms with Crippen LogP contribution in [-0.4, -0.2) is 21.2 Å². The molecule has 0 amide bonds. The highest BCUT2D eigenvalue weighted by Crippen LogP contribution is 2.60. The van der Waals surface area contributed by atoms with E-state index in [9.17, 15) is 14.9 Å². The lowest BCUT2D eigenvalue weighted by Gasteiger charge is -2.56. The highest BCUT2D eigenvalue weighted by atomic mass is 32.2. The minimum atomic E-state index is -0.404. The number of nitrogens with zero attached hydrogens (tertiary/aromatic N) is 1. The minimum absolute atomic E-state index is 0.0267. The summed E-state index contributed by atoms with van der Waals surface area (Å²) in [6, 6.07) is 4.85. The van der Waals surface area contributed by atoms with Crippen LogP contribution in [-0.2, 0) is 0 Å². The van der Waals surface area contributed by atoms with Crippen LogP contribution in [0.3, 0.4) is 0 Å². The zero-order chi connectivity index (χ0) is 16.9. The van der Waals surface area contributed by atoms with Gasteiger partial charge in [-0.05, 0) is 63.2 Å². The maximum Gasteiger partial charge on any atom is 0.273 e. The summed E-state index contributed by atoms with van der Waals surface area (Å²) in [5.74, 6) is 3.10. The number of carbonyl (C=O) groups excluding carboxylic acids is 1. The molecule has 0 aliphatic heterocycles. The van der Waals surface area contributed by atoms with Crippen LogP contribution in [0.1, 0.15) is 54.4 Å². The summed E-state index contributed by atoms with van der Waals surface area (Å²) in [6.07, 6.45) is 8.01. The second-order valence-corrected chi connectivity index (χ2v) is 9.51. The van der Waals surface area contributed by atoms with E-state index in [1.54, 1.807) is 19.1 Å². The first-order valence-electron chi connectivity index (χ1n) is 8.86. The van der Waals surface area contributed by atoms with Gasteiger partial charge in [-0.3, -0.25) is 14.9 Å². The zero-order valence-corrected chi connectivity index (χ0v) is 14.8. The second-order valence-electron chi connectivity index (χ2n) is 8.07. The van der Waals surface area contributed by atoms with Gasteiger partial charge < -0.3 is 0 Å². The molecule has 1 aromatic carbocycles. The van der Waals surface area contributed by atoms with Crippen LogP contribution in [0.25, 0.3) is 0 Å². The molecule has 4 aliphatic carbocycles. The Balaban J connectivity index is 1.46. The molecule has 128 valence electrons. The van der Waals surface area contributed by atoms with Gasteiger partial charge in [0.2, 0.25) is 0 Å². The summed E-state index contributed by atoms with van der Waals surface area (Å²) in [6.45, 7) is 1.70. The van der Waals surface area contributed by atoms with E-state index in [1.165, 1.54) is 44.6 Å². The molecule has 4 nitrogen and oxygen atoms in total. The number of Topliss-reactive ketones (excluding diaryl/α,β-unsaturated/α-hetero) is 1. The average molecular weight is 345 g/mol. The number of benzene rings is 1. The van der Waals surface area contributed by atoms with Crippen molar-refractivity contribution in [3.63, 3.8) is 0 Å². The third-order valence-electron chi connectivity index (χ3n) is 6.22. The number of carbonyl (C=O) groups is 1. The molecule has 5 rings (SSSR count). The van der Waals surface area contributed by atoms with E-state index in [4.69, 9.17) is 0 Å². The largest absolute Gasteiger partial charge is 0.293 e. The van der Waals surface area contributed by atoms with Crippen molar-refractivity contribution in [3.8, 4) is 0 Å². The molecule has 0 radical (unpaired) electrons. The fraction of sp³-hybridized carbons (Fsp3) is 0.632. The number of thioether (sulfide) groups is 1. The quantitative estimate of drug-likeness (QED) is 0.437. The lowest BCUT2D eigenvalue weighted by atomic mass is 9.56. The molecule has 5 heteroatoms. The van der Waals surface area contributed by atoms with Crippen LogP contribution in [0, 0.1) is 34.8 Å². The fourth-order valence-electron chi connectivity index (χ4n) is 5.49. The molecule has 24 heavy (non-hydrogen) atoms. The molecular formula is C19H23NO3S. The molecule has 0 heterocycles. The van der Waals surface area contributed by atoms with Crippen molar-refractivity contribution in [1.82, 2.24) is 0 Å². The predicted octanol–water partition coefficient (Wildman–Crippen LogP) is 4.79. The molecule has 4 bridgehead atoms. The first-order valence-corrected chi connectivity index (χ1v) is 9.85. The maximum absolute atomic E-state index is 12.6. The monoisotopic (exact) mass is 345 g/mol. The Hall–Kier alpha value is -1.36. The lowest BCUT2D eigenvalue weighted by Crippen LogP contribution is -2.48. The highest BCUT2D eigenvalue weighted by molar-refractivity contribution is 8.01. The number of nitro benzene ring substituents is 1. The van der Waals surface area contributed by atoms with E-state index < -0.39 is 4.92 Å². The van der Waals surface area contributed by atoms with Crippen LogP contribution in [0.5, 0.6) is 0 Å². The van der Waals surface area contributed by atoms with Crippen molar-refractivity contribution >= 4 is 23.2 Å². The van der Waals surface area contributed by atoms with E-state index in [-0.39, 0.29) is 11.5 Å². The van der Waals surface area contributed by atoms with Crippen molar-refractivity contribution in [3.05, 3.63) is 39.4 Å². The highest BCUT2D eigenvalue weighted by Gasteiger charge is 2.51. The molecule has 0 aromatic heterocycles. The van der Waals surface area contributed by atoms with Crippen LogP contribution in [0.15, 0.2) is 18.2 Å². The molecule has 0 atom stereocenters. The van der Waals surface area contributed by atoms with Gasteiger partial charge in [0.25, 0.3) is 5.69 Å². The SMILES string of the molecule is Cc1ccc(C(=O)CSC23CC4CC(CC(C4)C2)C3)cc1[N+](=O)[O-]. The minimum Gasteiger partial charge on any atom is -0.293 e. The van der Waals surface area contributed by atoms with Gasteiger partial charge in [-0.15, -0.1) is 11.8 Å². The number of rotatable bonds is 5. The van der Waals surface area contributed by atoms with Gasteiger partial charge in [0.05, 0.1) is 10.7 Å². The van der Waals surface area contributed by atoms with Gasteiger partial charge in [-0.25, -0.2) is 0 Å². The molecule has 4 aliphatic rings. The van der Waals surface area contributed by atoms with Gasteiger partial charge in [0.15, 0.2) is 5.78 Å². The molecule has 1 aromatic rings. The smallest absolute Gasteiger partial charge is 0.273 e. The summed E-state index contributed by atoms with van der Waals surface area (Å²) in [7, 11) is 0. The summed E-state index contributed by atoms with van der Waals surface area (Å²) in [5, 5.41) is 11.1. The van der Waals surface area contributed by atoms with Gasteiger partial charge >= 0.3 is 0 Å². The molecular weight excluding hydrogens is 322 g/mol. The molecule has 0 saturated heterocycles. The first-order chi connectivity index (χ1) is 11.4. The van der Waals surface area contributed by atoms with Crippen LogP contribution in [0.4, 0.5) is 5.69 Å². The normalized spacial score (nSPS) is 33.6. The molecule has 4 fully saturated rings. The Morgan fingerprint density at radius 3 is 2.33 bits per heavy atom. The van der Waals surface area contributed by atoms with Crippen molar-refractivity contribution in [2.24, 2.45) is 17.8 Å². The van der Waals surface area contributed by atoms with Gasteiger partial charge in [-0.1, -0.05) is 12.1 Å². The molecule has 0 spiro atoms.